The molecule has 0 fully saturated rings. The highest BCUT2D eigenvalue weighted by atomic mass is 16.5. The zero-order valence-corrected chi connectivity index (χ0v) is 13.6. The van der Waals surface area contributed by atoms with Crippen molar-refractivity contribution < 1.29 is 24.2 Å². The molecule has 3 N–H and O–H groups in total. The van der Waals surface area contributed by atoms with Crippen LogP contribution >= 0.6 is 0 Å². The van der Waals surface area contributed by atoms with Crippen molar-refractivity contribution >= 4 is 17.5 Å². The van der Waals surface area contributed by atoms with E-state index >= 15 is 0 Å². The van der Waals surface area contributed by atoms with Crippen molar-refractivity contribution in [2.45, 2.75) is 38.9 Å². The number of anilines is 1. The summed E-state index contributed by atoms with van der Waals surface area (Å²) < 4.78 is 11.3. The van der Waals surface area contributed by atoms with Crippen LogP contribution in [0.25, 0.3) is 0 Å². The number of aliphatic hydroxyl groups is 1. The molecule has 1 aliphatic heterocycles. The van der Waals surface area contributed by atoms with Gasteiger partial charge in [0.15, 0.2) is 17.1 Å². The molecule has 2 amide bonds. The molecule has 0 atom stereocenters. The molecule has 0 radical (unpaired) electrons. The minimum atomic E-state index is -1.06. The average molecular weight is 322 g/mol. The maximum atomic E-state index is 12.9. The minimum absolute atomic E-state index is 0.227. The van der Waals surface area contributed by atoms with Crippen molar-refractivity contribution in [1.29, 1.82) is 0 Å². The van der Waals surface area contributed by atoms with E-state index in [0.29, 0.717) is 35.6 Å². The molecule has 0 spiro atoms. The van der Waals surface area contributed by atoms with Crippen LogP contribution in [0.3, 0.4) is 0 Å². The van der Waals surface area contributed by atoms with Gasteiger partial charge in [0.05, 0.1) is 19.4 Å². The standard InChI is InChI=1S/C16H22N2O5/c1-4-16(5-2)15(21)18(8-13(17)20)11-6-10(9-19)7-12(22-3)14(11)23-16/h6-7,19H,4-5,8-9H2,1-3H3,(H2,17,20). The van der Waals surface area contributed by atoms with Gasteiger partial charge in [0.25, 0.3) is 5.91 Å². The number of benzene rings is 1. The SMILES string of the molecule is CCC1(CC)Oc2c(OC)cc(CO)cc2N(CC(N)=O)C1=O. The van der Waals surface area contributed by atoms with E-state index in [2.05, 4.69) is 0 Å². The van der Waals surface area contributed by atoms with E-state index in [1.165, 1.54) is 12.0 Å². The third-order valence-electron chi connectivity index (χ3n) is 4.18. The monoisotopic (exact) mass is 322 g/mol. The van der Waals surface area contributed by atoms with Crippen LogP contribution < -0.4 is 20.1 Å². The van der Waals surface area contributed by atoms with Gasteiger partial charge >= 0.3 is 0 Å². The van der Waals surface area contributed by atoms with Crippen LogP contribution in [0.1, 0.15) is 32.3 Å². The highest BCUT2D eigenvalue weighted by molar-refractivity contribution is 6.06. The fraction of sp³-hybridized carbons (Fsp3) is 0.500. The second kappa shape index (κ2) is 6.45. The van der Waals surface area contributed by atoms with Gasteiger partial charge in [-0.2, -0.15) is 0 Å². The molecule has 0 bridgehead atoms. The molecule has 2 rings (SSSR count). The Labute approximate surface area is 135 Å². The van der Waals surface area contributed by atoms with Gasteiger partial charge in [0.1, 0.15) is 6.54 Å². The molecule has 23 heavy (non-hydrogen) atoms. The summed E-state index contributed by atoms with van der Waals surface area (Å²) in [5.74, 6) is -0.152. The number of carbonyl (C=O) groups is 2. The molecule has 0 saturated carbocycles. The fourth-order valence-corrected chi connectivity index (χ4v) is 2.79. The van der Waals surface area contributed by atoms with Crippen molar-refractivity contribution in [2.75, 3.05) is 18.6 Å². The number of nitrogens with two attached hydrogens (primary N) is 1. The molecule has 0 saturated heterocycles. The van der Waals surface area contributed by atoms with Gasteiger partial charge in [0, 0.05) is 0 Å². The number of rotatable bonds is 6. The van der Waals surface area contributed by atoms with Crippen LogP contribution in [0.15, 0.2) is 12.1 Å². The Morgan fingerprint density at radius 3 is 2.52 bits per heavy atom. The number of ether oxygens (including phenoxy) is 2. The Hall–Kier alpha value is -2.28. The van der Waals surface area contributed by atoms with Gasteiger partial charge in [-0.05, 0) is 30.5 Å². The Morgan fingerprint density at radius 2 is 2.04 bits per heavy atom. The molecule has 126 valence electrons. The molecule has 7 nitrogen and oxygen atoms in total. The van der Waals surface area contributed by atoms with E-state index < -0.39 is 11.5 Å². The second-order valence-electron chi connectivity index (χ2n) is 5.47. The molecule has 1 aromatic rings. The van der Waals surface area contributed by atoms with Crippen molar-refractivity contribution in [2.24, 2.45) is 5.73 Å². The number of hydrogen-bond acceptors (Lipinski definition) is 5. The lowest BCUT2D eigenvalue weighted by Crippen LogP contribution is -2.57. The lowest BCUT2D eigenvalue weighted by molar-refractivity contribution is -0.137. The number of aliphatic hydroxyl groups excluding tert-OH is 1. The van der Waals surface area contributed by atoms with Gasteiger partial charge in [0.2, 0.25) is 5.91 Å². The summed E-state index contributed by atoms with van der Waals surface area (Å²) >= 11 is 0. The Balaban J connectivity index is 2.68. The highest BCUT2D eigenvalue weighted by Crippen LogP contribution is 2.46. The van der Waals surface area contributed by atoms with Gasteiger partial charge in [-0.1, -0.05) is 13.8 Å². The molecule has 1 aromatic carbocycles. The zero-order valence-electron chi connectivity index (χ0n) is 13.6. The maximum Gasteiger partial charge on any atom is 0.271 e. The number of primary amides is 1. The summed E-state index contributed by atoms with van der Waals surface area (Å²) in [6.45, 7) is 3.22. The zero-order chi connectivity index (χ0) is 17.2. The van der Waals surface area contributed by atoms with E-state index in [1.54, 1.807) is 12.1 Å². The fourth-order valence-electron chi connectivity index (χ4n) is 2.79. The van der Waals surface area contributed by atoms with Gasteiger partial charge < -0.3 is 20.3 Å². The number of fused-ring (bicyclic) bond motifs is 1. The van der Waals surface area contributed by atoms with Crippen LogP contribution in [0.5, 0.6) is 11.5 Å². The maximum absolute atomic E-state index is 12.9. The van der Waals surface area contributed by atoms with E-state index in [-0.39, 0.29) is 19.1 Å². The minimum Gasteiger partial charge on any atom is -0.493 e. The third kappa shape index (κ3) is 2.84. The normalized spacial score (nSPS) is 15.8. The number of carbonyl (C=O) groups excluding carboxylic acids is 2. The van der Waals surface area contributed by atoms with Crippen LogP contribution in [0, 0.1) is 0 Å². The lowest BCUT2D eigenvalue weighted by Gasteiger charge is -2.42. The smallest absolute Gasteiger partial charge is 0.271 e. The second-order valence-corrected chi connectivity index (χ2v) is 5.47. The van der Waals surface area contributed by atoms with E-state index in [0.717, 1.165) is 0 Å². The first kappa shape index (κ1) is 17.1. The molecular formula is C16H22N2O5. The molecule has 1 aliphatic rings. The summed E-state index contributed by atoms with van der Waals surface area (Å²) in [5, 5.41) is 9.40. The van der Waals surface area contributed by atoms with E-state index in [9.17, 15) is 14.7 Å². The largest absolute Gasteiger partial charge is 0.493 e. The number of amides is 2. The van der Waals surface area contributed by atoms with Gasteiger partial charge in [-0.25, -0.2) is 0 Å². The molecular weight excluding hydrogens is 300 g/mol. The molecule has 7 heteroatoms. The third-order valence-corrected chi connectivity index (χ3v) is 4.18. The van der Waals surface area contributed by atoms with Crippen molar-refractivity contribution in [3.8, 4) is 11.5 Å². The molecule has 0 unspecified atom stereocenters. The first-order valence-corrected chi connectivity index (χ1v) is 7.53. The predicted octanol–water partition coefficient (Wildman–Crippen LogP) is 0.957. The van der Waals surface area contributed by atoms with Crippen LogP contribution in [-0.2, 0) is 16.2 Å². The topological polar surface area (TPSA) is 102 Å². The summed E-state index contributed by atoms with van der Waals surface area (Å²) in [7, 11) is 1.48. The van der Waals surface area contributed by atoms with Crippen molar-refractivity contribution in [3.63, 3.8) is 0 Å². The summed E-state index contributed by atoms with van der Waals surface area (Å²) in [6.07, 6.45) is 0.893. The van der Waals surface area contributed by atoms with E-state index in [1.807, 2.05) is 13.8 Å². The number of nitrogens with zero attached hydrogens (tertiary/aromatic N) is 1. The van der Waals surface area contributed by atoms with Crippen LogP contribution in [-0.4, -0.2) is 36.2 Å². The Kier molecular flexibility index (Phi) is 4.79. The van der Waals surface area contributed by atoms with Gasteiger partial charge in [-0.15, -0.1) is 0 Å². The van der Waals surface area contributed by atoms with Crippen LogP contribution in [0.4, 0.5) is 5.69 Å². The Bertz CT molecular complexity index is 625. The first-order valence-electron chi connectivity index (χ1n) is 7.53. The van der Waals surface area contributed by atoms with E-state index in [4.69, 9.17) is 15.2 Å². The molecule has 0 aliphatic carbocycles. The van der Waals surface area contributed by atoms with Crippen molar-refractivity contribution in [1.82, 2.24) is 0 Å². The summed E-state index contributed by atoms with van der Waals surface area (Å²) in [6, 6.07) is 3.25. The average Bonchev–Trinajstić information content (AvgIpc) is 2.56. The summed E-state index contributed by atoms with van der Waals surface area (Å²) in [4.78, 5) is 25.6. The van der Waals surface area contributed by atoms with Gasteiger partial charge in [-0.3, -0.25) is 14.5 Å². The molecule has 0 aromatic heterocycles. The molecule has 1 heterocycles. The highest BCUT2D eigenvalue weighted by Gasteiger charge is 2.47. The van der Waals surface area contributed by atoms with Crippen LogP contribution in [0.2, 0.25) is 0 Å². The quantitative estimate of drug-likeness (QED) is 0.812. The first-order chi connectivity index (χ1) is 10.9. The lowest BCUT2D eigenvalue weighted by atomic mass is 9.92. The number of methoxy groups -OCH3 is 1. The number of hydrogen-bond donors (Lipinski definition) is 2. The summed E-state index contributed by atoms with van der Waals surface area (Å²) in [5.41, 5.74) is 5.17. The van der Waals surface area contributed by atoms with Crippen molar-refractivity contribution in [3.05, 3.63) is 17.7 Å². The Morgan fingerprint density at radius 1 is 1.39 bits per heavy atom. The predicted molar refractivity (Wildman–Crippen MR) is 84.4 cm³/mol.